The van der Waals surface area contributed by atoms with E-state index < -0.39 is 0 Å². The molecule has 1 atom stereocenters. The summed E-state index contributed by atoms with van der Waals surface area (Å²) in [4.78, 5) is 16.6. The second-order valence-corrected chi connectivity index (χ2v) is 7.68. The number of piperidine rings is 1. The average molecular weight is 355 g/mol. The fraction of sp³-hybridized carbons (Fsp3) is 0.600. The van der Waals surface area contributed by atoms with Crippen molar-refractivity contribution in [3.8, 4) is 0 Å². The van der Waals surface area contributed by atoms with Crippen molar-refractivity contribution < 1.29 is 4.42 Å². The van der Waals surface area contributed by atoms with Crippen LogP contribution in [0.1, 0.15) is 29.9 Å². The Morgan fingerprint density at radius 1 is 1.19 bits per heavy atom. The van der Waals surface area contributed by atoms with E-state index in [1.807, 2.05) is 6.07 Å². The standard InChI is InChI=1S/C20H29N5O/c1-23(2)16-5-3-9-25(13-16)20-18-7-10-24(14-17-6-4-12-26-17)11-8-19(18)21-15-22-20/h4,6,12,15-16H,3,5,7-11,13-14H2,1-2H3/t16-/m1/s1. The van der Waals surface area contributed by atoms with E-state index in [-0.39, 0.29) is 0 Å². The Kier molecular flexibility index (Phi) is 5.22. The van der Waals surface area contributed by atoms with E-state index in [1.54, 1.807) is 12.6 Å². The molecule has 0 radical (unpaired) electrons. The summed E-state index contributed by atoms with van der Waals surface area (Å²) in [6.45, 7) is 5.08. The van der Waals surface area contributed by atoms with Gasteiger partial charge >= 0.3 is 0 Å². The number of likely N-dealkylation sites (N-methyl/N-ethyl adjacent to an activating group) is 1. The van der Waals surface area contributed by atoms with Gasteiger partial charge in [0.2, 0.25) is 0 Å². The molecule has 0 spiro atoms. The van der Waals surface area contributed by atoms with E-state index in [9.17, 15) is 0 Å². The summed E-state index contributed by atoms with van der Waals surface area (Å²) in [5, 5.41) is 0. The molecular formula is C20H29N5O. The maximum atomic E-state index is 5.52. The first kappa shape index (κ1) is 17.5. The molecule has 2 aliphatic rings. The Balaban J connectivity index is 1.50. The Morgan fingerprint density at radius 2 is 2.08 bits per heavy atom. The van der Waals surface area contributed by atoms with E-state index >= 15 is 0 Å². The number of hydrogen-bond acceptors (Lipinski definition) is 6. The first-order valence-electron chi connectivity index (χ1n) is 9.69. The van der Waals surface area contributed by atoms with Crippen LogP contribution in [0.3, 0.4) is 0 Å². The number of aromatic nitrogens is 2. The lowest BCUT2D eigenvalue weighted by Gasteiger charge is -2.37. The number of anilines is 1. The van der Waals surface area contributed by atoms with E-state index in [0.29, 0.717) is 6.04 Å². The van der Waals surface area contributed by atoms with Crippen LogP contribution in [-0.4, -0.2) is 66.1 Å². The monoisotopic (exact) mass is 355 g/mol. The van der Waals surface area contributed by atoms with Gasteiger partial charge in [0.25, 0.3) is 0 Å². The predicted octanol–water partition coefficient (Wildman–Crippen LogP) is 2.20. The normalized spacial score (nSPS) is 21.7. The van der Waals surface area contributed by atoms with Crippen molar-refractivity contribution >= 4 is 5.82 Å². The van der Waals surface area contributed by atoms with Gasteiger partial charge in [-0.3, -0.25) is 4.90 Å². The minimum absolute atomic E-state index is 0.607. The maximum Gasteiger partial charge on any atom is 0.135 e. The van der Waals surface area contributed by atoms with Crippen molar-refractivity contribution in [3.05, 3.63) is 41.7 Å². The largest absolute Gasteiger partial charge is 0.468 e. The highest BCUT2D eigenvalue weighted by molar-refractivity contribution is 5.50. The number of nitrogens with zero attached hydrogens (tertiary/aromatic N) is 5. The van der Waals surface area contributed by atoms with Crippen molar-refractivity contribution in [2.75, 3.05) is 45.2 Å². The van der Waals surface area contributed by atoms with Crippen LogP contribution in [-0.2, 0) is 19.4 Å². The summed E-state index contributed by atoms with van der Waals surface area (Å²) in [5.41, 5.74) is 2.58. The first-order chi connectivity index (χ1) is 12.7. The molecule has 0 aromatic carbocycles. The van der Waals surface area contributed by atoms with Crippen LogP contribution in [0.2, 0.25) is 0 Å². The van der Waals surface area contributed by atoms with Crippen LogP contribution < -0.4 is 4.90 Å². The molecule has 2 aliphatic heterocycles. The van der Waals surface area contributed by atoms with Gasteiger partial charge in [0, 0.05) is 44.2 Å². The summed E-state index contributed by atoms with van der Waals surface area (Å²) in [6, 6.07) is 4.62. The molecular weight excluding hydrogens is 326 g/mol. The molecule has 2 aromatic heterocycles. The zero-order valence-electron chi connectivity index (χ0n) is 15.9. The van der Waals surface area contributed by atoms with Crippen LogP contribution in [0.15, 0.2) is 29.1 Å². The molecule has 2 aromatic rings. The second-order valence-electron chi connectivity index (χ2n) is 7.68. The summed E-state index contributed by atoms with van der Waals surface area (Å²) >= 11 is 0. The molecule has 1 saturated heterocycles. The summed E-state index contributed by atoms with van der Waals surface area (Å²) in [7, 11) is 4.36. The maximum absolute atomic E-state index is 5.52. The van der Waals surface area contributed by atoms with Crippen molar-refractivity contribution in [1.82, 2.24) is 19.8 Å². The molecule has 4 rings (SSSR count). The minimum Gasteiger partial charge on any atom is -0.468 e. The fourth-order valence-electron chi connectivity index (χ4n) is 4.18. The van der Waals surface area contributed by atoms with E-state index in [0.717, 1.165) is 51.3 Å². The smallest absolute Gasteiger partial charge is 0.135 e. The topological polar surface area (TPSA) is 48.6 Å². The second kappa shape index (κ2) is 7.76. The molecule has 4 heterocycles. The zero-order chi connectivity index (χ0) is 17.9. The van der Waals surface area contributed by atoms with Gasteiger partial charge in [-0.1, -0.05) is 0 Å². The van der Waals surface area contributed by atoms with Crippen molar-refractivity contribution in [1.29, 1.82) is 0 Å². The molecule has 26 heavy (non-hydrogen) atoms. The summed E-state index contributed by atoms with van der Waals surface area (Å²) in [6.07, 6.45) is 8.00. The number of hydrogen-bond donors (Lipinski definition) is 0. The Bertz CT molecular complexity index is 715. The van der Waals surface area contributed by atoms with Crippen LogP contribution in [0.25, 0.3) is 0 Å². The van der Waals surface area contributed by atoms with Crippen molar-refractivity contribution in [2.45, 2.75) is 38.3 Å². The number of furan rings is 1. The van der Waals surface area contributed by atoms with Gasteiger partial charge in [0.05, 0.1) is 18.5 Å². The Labute approximate surface area is 155 Å². The molecule has 0 unspecified atom stereocenters. The van der Waals surface area contributed by atoms with Crippen LogP contribution >= 0.6 is 0 Å². The third-order valence-corrected chi connectivity index (χ3v) is 5.74. The lowest BCUT2D eigenvalue weighted by molar-refractivity contribution is 0.254. The van der Waals surface area contributed by atoms with Gasteiger partial charge in [-0.25, -0.2) is 9.97 Å². The van der Waals surface area contributed by atoms with Gasteiger partial charge in [-0.15, -0.1) is 0 Å². The molecule has 0 bridgehead atoms. The minimum atomic E-state index is 0.607. The lowest BCUT2D eigenvalue weighted by Crippen LogP contribution is -2.45. The average Bonchev–Trinajstić information content (AvgIpc) is 3.08. The summed E-state index contributed by atoms with van der Waals surface area (Å²) in [5.74, 6) is 2.20. The molecule has 0 aliphatic carbocycles. The zero-order valence-corrected chi connectivity index (χ0v) is 15.9. The third kappa shape index (κ3) is 3.76. The SMILES string of the molecule is CN(C)[C@@H]1CCCN(c2ncnc3c2CCN(Cc2ccco2)CC3)C1. The van der Waals surface area contributed by atoms with E-state index in [1.165, 1.54) is 29.9 Å². The molecule has 1 fully saturated rings. The van der Waals surface area contributed by atoms with Gasteiger partial charge in [0.1, 0.15) is 17.9 Å². The number of fused-ring (bicyclic) bond motifs is 1. The predicted molar refractivity (Wildman–Crippen MR) is 102 cm³/mol. The van der Waals surface area contributed by atoms with Crippen LogP contribution in [0.4, 0.5) is 5.82 Å². The molecule has 6 nitrogen and oxygen atoms in total. The Hall–Kier alpha value is -1.92. The van der Waals surface area contributed by atoms with Crippen LogP contribution in [0, 0.1) is 0 Å². The van der Waals surface area contributed by atoms with E-state index in [4.69, 9.17) is 9.40 Å². The van der Waals surface area contributed by atoms with Crippen molar-refractivity contribution in [3.63, 3.8) is 0 Å². The highest BCUT2D eigenvalue weighted by atomic mass is 16.3. The molecule has 0 saturated carbocycles. The fourth-order valence-corrected chi connectivity index (χ4v) is 4.18. The van der Waals surface area contributed by atoms with Gasteiger partial charge in [0.15, 0.2) is 0 Å². The van der Waals surface area contributed by atoms with Gasteiger partial charge in [-0.2, -0.15) is 0 Å². The quantitative estimate of drug-likeness (QED) is 0.838. The molecule has 0 N–H and O–H groups in total. The summed E-state index contributed by atoms with van der Waals surface area (Å²) < 4.78 is 5.52. The number of rotatable bonds is 4. The molecule has 0 amide bonds. The highest BCUT2D eigenvalue weighted by Gasteiger charge is 2.26. The molecule has 140 valence electrons. The molecule has 6 heteroatoms. The van der Waals surface area contributed by atoms with E-state index in [2.05, 4.69) is 39.8 Å². The van der Waals surface area contributed by atoms with Crippen molar-refractivity contribution in [2.24, 2.45) is 0 Å². The third-order valence-electron chi connectivity index (χ3n) is 5.74. The highest BCUT2D eigenvalue weighted by Crippen LogP contribution is 2.27. The Morgan fingerprint density at radius 3 is 2.88 bits per heavy atom. The van der Waals surface area contributed by atoms with Crippen LogP contribution in [0.5, 0.6) is 0 Å². The van der Waals surface area contributed by atoms with Gasteiger partial charge in [-0.05, 0) is 45.5 Å². The lowest BCUT2D eigenvalue weighted by atomic mass is 10.0. The first-order valence-corrected chi connectivity index (χ1v) is 9.69. The van der Waals surface area contributed by atoms with Gasteiger partial charge < -0.3 is 14.2 Å².